The predicted octanol–water partition coefficient (Wildman–Crippen LogP) is 2.29. The van der Waals surface area contributed by atoms with Crippen molar-refractivity contribution in [3.8, 4) is 0 Å². The molecular weight excluding hydrogens is 546 g/mol. The molecule has 3 atom stereocenters. The molecule has 1 aliphatic carbocycles. The second-order valence-electron chi connectivity index (χ2n) is 9.99. The molecule has 2 aliphatic rings. The Balaban J connectivity index is 1.46. The van der Waals surface area contributed by atoms with Gasteiger partial charge >= 0.3 is 11.8 Å². The summed E-state index contributed by atoms with van der Waals surface area (Å²) in [5.74, 6) is -2.65. The molecule has 1 fully saturated rings. The molecule has 4 rings (SSSR count). The fourth-order valence-corrected chi connectivity index (χ4v) is 6.07. The molecule has 14 heteroatoms. The van der Waals surface area contributed by atoms with Gasteiger partial charge in [0.25, 0.3) is 5.91 Å². The van der Waals surface area contributed by atoms with Crippen molar-refractivity contribution in [2.24, 2.45) is 11.1 Å². The molecular formula is C25H30ClN7O5S. The van der Waals surface area contributed by atoms with Crippen molar-refractivity contribution in [1.29, 1.82) is 0 Å². The van der Waals surface area contributed by atoms with Crippen molar-refractivity contribution in [2.75, 3.05) is 33.0 Å². The lowest BCUT2D eigenvalue weighted by Crippen LogP contribution is -2.57. The number of carbonyl (C=O) groups is 4. The van der Waals surface area contributed by atoms with E-state index in [1.54, 1.807) is 14.1 Å². The predicted molar refractivity (Wildman–Crippen MR) is 147 cm³/mol. The van der Waals surface area contributed by atoms with Crippen molar-refractivity contribution < 1.29 is 19.2 Å². The van der Waals surface area contributed by atoms with Crippen LogP contribution in [0.15, 0.2) is 23.4 Å². The van der Waals surface area contributed by atoms with E-state index in [1.807, 2.05) is 7.05 Å². The maximum absolute atomic E-state index is 13.2. The zero-order valence-corrected chi connectivity index (χ0v) is 23.4. The highest BCUT2D eigenvalue weighted by Gasteiger charge is 2.37. The third-order valence-corrected chi connectivity index (χ3v) is 8.30. The van der Waals surface area contributed by atoms with Gasteiger partial charge in [-0.15, -0.1) is 16.2 Å². The second kappa shape index (κ2) is 12.2. The van der Waals surface area contributed by atoms with E-state index in [9.17, 15) is 24.1 Å². The number of hydrogen-bond donors (Lipinski definition) is 3. The molecule has 4 amide bonds. The average molecular weight is 576 g/mol. The normalized spacial score (nSPS) is 20.9. The summed E-state index contributed by atoms with van der Waals surface area (Å²) in [4.78, 5) is 71.4. The van der Waals surface area contributed by atoms with Crippen LogP contribution in [0.4, 0.5) is 11.4 Å². The summed E-state index contributed by atoms with van der Waals surface area (Å²) < 4.78 is 0. The molecule has 0 saturated heterocycles. The zero-order valence-electron chi connectivity index (χ0n) is 21.8. The number of nitrogens with one attached hydrogen (secondary N) is 3. The third-order valence-electron chi connectivity index (χ3n) is 6.90. The topological polar surface area (TPSA) is 153 Å². The first kappa shape index (κ1) is 28.6. The standard InChI is InChI=1S/C25H30ClN7O5S/c1-32(2)25(37)13-4-7-16(28-22(35)21(34)27-14-5-6-15(26)18(11-14)31-38)19(10-13)29-23(36)24-30-17-8-9-33(3)12-20(17)39-24/h5-6,11,13,16,19H,4,7-10,12H2,1-3H3,(H,27,34)(H,28,35)(H,29,36)/t13-,16-,19+/m0/s1. The average Bonchev–Trinajstić information content (AvgIpc) is 3.33. The minimum atomic E-state index is -0.956. The van der Waals surface area contributed by atoms with Crippen molar-refractivity contribution in [1.82, 2.24) is 25.4 Å². The minimum absolute atomic E-state index is 0.0631. The van der Waals surface area contributed by atoms with Crippen LogP contribution in [-0.2, 0) is 27.3 Å². The van der Waals surface area contributed by atoms with Crippen molar-refractivity contribution >= 4 is 57.9 Å². The molecule has 0 radical (unpaired) electrons. The van der Waals surface area contributed by atoms with Gasteiger partial charge in [0.05, 0.1) is 16.8 Å². The number of thiazole rings is 1. The molecule has 2 aromatic rings. The van der Waals surface area contributed by atoms with E-state index in [0.717, 1.165) is 30.1 Å². The van der Waals surface area contributed by atoms with Gasteiger partial charge in [-0.1, -0.05) is 11.6 Å². The number of likely N-dealkylation sites (N-methyl/N-ethyl adjacent to an activating group) is 1. The summed E-state index contributed by atoms with van der Waals surface area (Å²) in [6, 6.07) is 2.90. The van der Waals surface area contributed by atoms with E-state index in [1.165, 1.54) is 34.4 Å². The highest BCUT2D eigenvalue weighted by atomic mass is 35.5. The van der Waals surface area contributed by atoms with Crippen LogP contribution in [0.5, 0.6) is 0 Å². The maximum atomic E-state index is 13.2. The van der Waals surface area contributed by atoms with Gasteiger partial charge in [-0.2, -0.15) is 0 Å². The molecule has 3 N–H and O–H groups in total. The summed E-state index contributed by atoms with van der Waals surface area (Å²) in [5, 5.41) is 11.3. The van der Waals surface area contributed by atoms with Gasteiger partial charge in [0.2, 0.25) is 5.91 Å². The van der Waals surface area contributed by atoms with E-state index < -0.39 is 23.9 Å². The highest BCUT2D eigenvalue weighted by Crippen LogP contribution is 2.29. The van der Waals surface area contributed by atoms with Gasteiger partial charge in [-0.25, -0.2) is 4.98 Å². The van der Waals surface area contributed by atoms with Gasteiger partial charge in [-0.3, -0.25) is 19.2 Å². The monoisotopic (exact) mass is 575 g/mol. The van der Waals surface area contributed by atoms with Crippen molar-refractivity contribution in [3.63, 3.8) is 0 Å². The number of nitrogens with zero attached hydrogens (tertiary/aromatic N) is 4. The number of carbonyl (C=O) groups excluding carboxylic acids is 4. The SMILES string of the molecule is CN1CCc2nc(C(=O)N[C@@H]3C[C@@H](C(=O)N(C)C)CC[C@@H]3NC(=O)C(=O)Nc3ccc(Cl)c(N=O)c3)sc2C1. The molecule has 1 aromatic carbocycles. The van der Waals surface area contributed by atoms with Gasteiger partial charge in [-0.05, 0) is 49.7 Å². The molecule has 1 aliphatic heterocycles. The van der Waals surface area contributed by atoms with Gasteiger partial charge in [0.1, 0.15) is 5.69 Å². The van der Waals surface area contributed by atoms with E-state index in [0.29, 0.717) is 24.3 Å². The number of benzene rings is 1. The lowest BCUT2D eigenvalue weighted by molar-refractivity contribution is -0.137. The fraction of sp³-hybridized carbons (Fsp3) is 0.480. The number of rotatable bonds is 6. The Morgan fingerprint density at radius 3 is 2.62 bits per heavy atom. The molecule has 0 unspecified atom stereocenters. The Bertz CT molecular complexity index is 1300. The molecule has 12 nitrogen and oxygen atoms in total. The van der Waals surface area contributed by atoms with Crippen LogP contribution >= 0.6 is 22.9 Å². The molecule has 1 saturated carbocycles. The van der Waals surface area contributed by atoms with Crippen LogP contribution < -0.4 is 16.0 Å². The summed E-state index contributed by atoms with van der Waals surface area (Å²) in [5.41, 5.74) is 1.03. The Kier molecular flexibility index (Phi) is 8.93. The lowest BCUT2D eigenvalue weighted by Gasteiger charge is -2.37. The van der Waals surface area contributed by atoms with E-state index >= 15 is 0 Å². The summed E-state index contributed by atoms with van der Waals surface area (Å²) in [6.45, 7) is 1.60. The highest BCUT2D eigenvalue weighted by molar-refractivity contribution is 7.13. The van der Waals surface area contributed by atoms with Gasteiger partial charge < -0.3 is 25.8 Å². The number of hydrogen-bond acceptors (Lipinski definition) is 9. The van der Waals surface area contributed by atoms with Crippen LogP contribution in [0.3, 0.4) is 0 Å². The van der Waals surface area contributed by atoms with Crippen LogP contribution in [0.25, 0.3) is 0 Å². The van der Waals surface area contributed by atoms with Crippen LogP contribution in [0, 0.1) is 10.8 Å². The quantitative estimate of drug-likeness (QED) is 0.353. The second-order valence-corrected chi connectivity index (χ2v) is 11.5. The number of halogens is 1. The molecule has 1 aromatic heterocycles. The molecule has 208 valence electrons. The van der Waals surface area contributed by atoms with Gasteiger partial charge in [0, 0.05) is 56.1 Å². The van der Waals surface area contributed by atoms with Crippen LogP contribution in [0.1, 0.15) is 39.6 Å². The van der Waals surface area contributed by atoms with Crippen molar-refractivity contribution in [3.05, 3.63) is 43.7 Å². The zero-order chi connectivity index (χ0) is 28.3. The Morgan fingerprint density at radius 2 is 1.90 bits per heavy atom. The number of nitroso groups, excluding NO2 is 1. The number of anilines is 1. The maximum Gasteiger partial charge on any atom is 0.313 e. The largest absolute Gasteiger partial charge is 0.349 e. The minimum Gasteiger partial charge on any atom is -0.349 e. The van der Waals surface area contributed by atoms with E-state index in [4.69, 9.17) is 11.6 Å². The summed E-state index contributed by atoms with van der Waals surface area (Å²) in [7, 11) is 5.36. The first-order chi connectivity index (χ1) is 18.5. The summed E-state index contributed by atoms with van der Waals surface area (Å²) in [6.07, 6.45) is 1.94. The number of fused-ring (bicyclic) bond motifs is 1. The first-order valence-electron chi connectivity index (χ1n) is 12.5. The molecule has 0 bridgehead atoms. The van der Waals surface area contributed by atoms with Crippen molar-refractivity contribution in [2.45, 2.75) is 44.3 Å². The Labute approximate surface area is 234 Å². The lowest BCUT2D eigenvalue weighted by atomic mass is 9.81. The summed E-state index contributed by atoms with van der Waals surface area (Å²) >= 11 is 7.20. The Hall–Kier alpha value is -3.42. The molecule has 0 spiro atoms. The van der Waals surface area contributed by atoms with Gasteiger partial charge in [0.15, 0.2) is 5.01 Å². The Morgan fingerprint density at radius 1 is 1.13 bits per heavy atom. The van der Waals surface area contributed by atoms with E-state index in [2.05, 4.69) is 31.0 Å². The van der Waals surface area contributed by atoms with Crippen LogP contribution in [0.2, 0.25) is 5.02 Å². The van der Waals surface area contributed by atoms with Crippen LogP contribution in [-0.4, -0.2) is 78.2 Å². The molecule has 2 heterocycles. The fourth-order valence-electron chi connectivity index (χ4n) is 4.82. The molecule has 39 heavy (non-hydrogen) atoms. The number of amides is 4. The van der Waals surface area contributed by atoms with E-state index in [-0.39, 0.29) is 34.1 Å². The first-order valence-corrected chi connectivity index (χ1v) is 13.7. The smallest absolute Gasteiger partial charge is 0.313 e. The third kappa shape index (κ3) is 6.78. The number of aromatic nitrogens is 1.